The summed E-state index contributed by atoms with van der Waals surface area (Å²) >= 11 is 0. The van der Waals surface area contributed by atoms with Crippen molar-refractivity contribution in [3.05, 3.63) is 65.5 Å². The van der Waals surface area contributed by atoms with Gasteiger partial charge in [0.05, 0.1) is 0 Å². The van der Waals surface area contributed by atoms with Gasteiger partial charge >= 0.3 is 0 Å². The van der Waals surface area contributed by atoms with E-state index in [-0.39, 0.29) is 0 Å². The smallest absolute Gasteiger partial charge is 0.0303 e. The van der Waals surface area contributed by atoms with Crippen LogP contribution < -0.4 is 5.32 Å². The molecule has 0 fully saturated rings. The molecule has 2 aromatic rings. The zero-order valence-electron chi connectivity index (χ0n) is 10.4. The highest BCUT2D eigenvalue weighted by molar-refractivity contribution is 5.29. The molecular weight excluding hydrogens is 208 g/mol. The van der Waals surface area contributed by atoms with Crippen molar-refractivity contribution in [3.63, 3.8) is 0 Å². The second-order valence-corrected chi connectivity index (χ2v) is 4.29. The van der Waals surface area contributed by atoms with Crippen LogP contribution in [0.1, 0.15) is 29.7 Å². The highest BCUT2D eigenvalue weighted by Crippen LogP contribution is 2.16. The normalized spacial score (nSPS) is 12.4. The largest absolute Gasteiger partial charge is 0.313 e. The van der Waals surface area contributed by atoms with Gasteiger partial charge in [-0.2, -0.15) is 0 Å². The van der Waals surface area contributed by atoms with E-state index in [0.29, 0.717) is 6.04 Å². The molecule has 2 rings (SSSR count). The first-order valence-electron chi connectivity index (χ1n) is 5.94. The lowest BCUT2D eigenvalue weighted by atomic mass is 10.0. The molecule has 0 radical (unpaired) electrons. The van der Waals surface area contributed by atoms with Gasteiger partial charge in [0.1, 0.15) is 0 Å². The fourth-order valence-electron chi connectivity index (χ4n) is 1.88. The summed E-state index contributed by atoms with van der Waals surface area (Å²) in [5.41, 5.74) is 3.91. The van der Waals surface area contributed by atoms with E-state index in [1.54, 1.807) is 0 Å². The van der Waals surface area contributed by atoms with Gasteiger partial charge in [-0.1, -0.05) is 30.3 Å². The fourth-order valence-corrected chi connectivity index (χ4v) is 1.88. The third-order valence-corrected chi connectivity index (χ3v) is 3.02. The van der Waals surface area contributed by atoms with Crippen molar-refractivity contribution < 1.29 is 0 Å². The third-order valence-electron chi connectivity index (χ3n) is 3.02. The summed E-state index contributed by atoms with van der Waals surface area (Å²) in [7, 11) is 1.98. The standard InChI is InChI=1S/C15H18N2/c1-12(16-2)15-7-3-5-13(10-15)9-14-6-4-8-17-11-14/h3-8,10-12,16H,9H2,1-2H3. The molecule has 1 aromatic carbocycles. The van der Waals surface area contributed by atoms with Gasteiger partial charge in [-0.3, -0.25) is 4.98 Å². The Kier molecular flexibility index (Phi) is 3.89. The SMILES string of the molecule is CNC(C)c1cccc(Cc2cccnc2)c1. The Morgan fingerprint density at radius 3 is 2.71 bits per heavy atom. The van der Waals surface area contributed by atoms with Crippen LogP contribution in [0.4, 0.5) is 0 Å². The van der Waals surface area contributed by atoms with E-state index in [2.05, 4.69) is 47.6 Å². The van der Waals surface area contributed by atoms with Gasteiger partial charge in [-0.25, -0.2) is 0 Å². The number of benzene rings is 1. The van der Waals surface area contributed by atoms with Gasteiger partial charge in [0.25, 0.3) is 0 Å². The monoisotopic (exact) mass is 226 g/mol. The first-order valence-corrected chi connectivity index (χ1v) is 5.94. The number of nitrogens with zero attached hydrogens (tertiary/aromatic N) is 1. The molecule has 0 aliphatic heterocycles. The molecule has 1 aromatic heterocycles. The average molecular weight is 226 g/mol. The molecule has 2 nitrogen and oxygen atoms in total. The minimum atomic E-state index is 0.392. The number of pyridine rings is 1. The van der Waals surface area contributed by atoms with E-state index >= 15 is 0 Å². The maximum Gasteiger partial charge on any atom is 0.0303 e. The van der Waals surface area contributed by atoms with Gasteiger partial charge in [0.2, 0.25) is 0 Å². The van der Waals surface area contributed by atoms with E-state index in [9.17, 15) is 0 Å². The second-order valence-electron chi connectivity index (χ2n) is 4.29. The summed E-state index contributed by atoms with van der Waals surface area (Å²) < 4.78 is 0. The second kappa shape index (κ2) is 5.60. The lowest BCUT2D eigenvalue weighted by Crippen LogP contribution is -2.12. The number of hydrogen-bond donors (Lipinski definition) is 1. The van der Waals surface area contributed by atoms with Gasteiger partial charge in [-0.05, 0) is 43.1 Å². The van der Waals surface area contributed by atoms with Crippen LogP contribution in [0.15, 0.2) is 48.8 Å². The van der Waals surface area contributed by atoms with E-state index in [1.807, 2.05) is 25.5 Å². The molecule has 0 aliphatic rings. The summed E-state index contributed by atoms with van der Waals surface area (Å²) in [5, 5.41) is 3.26. The molecule has 2 heteroatoms. The lowest BCUT2D eigenvalue weighted by Gasteiger charge is -2.12. The minimum absolute atomic E-state index is 0.392. The molecule has 1 unspecified atom stereocenters. The van der Waals surface area contributed by atoms with Crippen LogP contribution in [0.3, 0.4) is 0 Å². The predicted molar refractivity (Wildman–Crippen MR) is 71.0 cm³/mol. The van der Waals surface area contributed by atoms with E-state index in [0.717, 1.165) is 6.42 Å². The zero-order chi connectivity index (χ0) is 12.1. The Balaban J connectivity index is 2.17. The van der Waals surface area contributed by atoms with Crippen molar-refractivity contribution in [3.8, 4) is 0 Å². The third kappa shape index (κ3) is 3.14. The molecule has 1 N–H and O–H groups in total. The first kappa shape index (κ1) is 11.8. The molecule has 0 spiro atoms. The van der Waals surface area contributed by atoms with Crippen LogP contribution in [0.5, 0.6) is 0 Å². The highest BCUT2D eigenvalue weighted by Gasteiger charge is 2.03. The van der Waals surface area contributed by atoms with Gasteiger partial charge < -0.3 is 5.32 Å². The van der Waals surface area contributed by atoms with Crippen molar-refractivity contribution in [1.29, 1.82) is 0 Å². The Labute approximate surface area is 103 Å². The first-order chi connectivity index (χ1) is 8.29. The molecule has 0 aliphatic carbocycles. The average Bonchev–Trinajstić information content (AvgIpc) is 2.39. The minimum Gasteiger partial charge on any atom is -0.313 e. The Morgan fingerprint density at radius 2 is 2.00 bits per heavy atom. The summed E-state index contributed by atoms with van der Waals surface area (Å²) in [6.07, 6.45) is 4.68. The Hall–Kier alpha value is -1.67. The number of nitrogens with one attached hydrogen (secondary N) is 1. The molecule has 0 bridgehead atoms. The summed E-state index contributed by atoms with van der Waals surface area (Å²) in [5.74, 6) is 0. The zero-order valence-corrected chi connectivity index (χ0v) is 10.4. The van der Waals surface area contributed by atoms with Crippen LogP contribution in [0.25, 0.3) is 0 Å². The molecule has 1 heterocycles. The van der Waals surface area contributed by atoms with Crippen LogP contribution >= 0.6 is 0 Å². The van der Waals surface area contributed by atoms with Crippen molar-refractivity contribution in [1.82, 2.24) is 10.3 Å². The van der Waals surface area contributed by atoms with Gasteiger partial charge in [-0.15, -0.1) is 0 Å². The number of rotatable bonds is 4. The molecule has 1 atom stereocenters. The van der Waals surface area contributed by atoms with Gasteiger partial charge in [0.15, 0.2) is 0 Å². The van der Waals surface area contributed by atoms with Crippen LogP contribution in [-0.2, 0) is 6.42 Å². The van der Waals surface area contributed by atoms with E-state index in [4.69, 9.17) is 0 Å². The topological polar surface area (TPSA) is 24.9 Å². The molecular formula is C15H18N2. The summed E-state index contributed by atoms with van der Waals surface area (Å²) in [6.45, 7) is 2.17. The fraction of sp³-hybridized carbons (Fsp3) is 0.267. The summed E-state index contributed by atoms with van der Waals surface area (Å²) in [4.78, 5) is 4.14. The molecule has 0 saturated heterocycles. The maximum atomic E-state index is 4.14. The molecule has 0 amide bonds. The van der Waals surface area contributed by atoms with E-state index in [1.165, 1.54) is 16.7 Å². The Bertz CT molecular complexity index is 465. The maximum absolute atomic E-state index is 4.14. The van der Waals surface area contributed by atoms with E-state index < -0.39 is 0 Å². The predicted octanol–water partition coefficient (Wildman–Crippen LogP) is 2.95. The number of aromatic nitrogens is 1. The molecule has 88 valence electrons. The van der Waals surface area contributed by atoms with Crippen LogP contribution in [0.2, 0.25) is 0 Å². The van der Waals surface area contributed by atoms with Crippen molar-refractivity contribution in [2.75, 3.05) is 7.05 Å². The van der Waals surface area contributed by atoms with Crippen LogP contribution in [0, 0.1) is 0 Å². The quantitative estimate of drug-likeness (QED) is 0.867. The van der Waals surface area contributed by atoms with Crippen molar-refractivity contribution in [2.45, 2.75) is 19.4 Å². The van der Waals surface area contributed by atoms with Crippen molar-refractivity contribution >= 4 is 0 Å². The Morgan fingerprint density at radius 1 is 1.18 bits per heavy atom. The lowest BCUT2D eigenvalue weighted by molar-refractivity contribution is 0.651. The van der Waals surface area contributed by atoms with Gasteiger partial charge in [0, 0.05) is 18.4 Å². The summed E-state index contributed by atoms with van der Waals surface area (Å²) in [6, 6.07) is 13.2. The molecule has 17 heavy (non-hydrogen) atoms. The van der Waals surface area contributed by atoms with Crippen LogP contribution in [-0.4, -0.2) is 12.0 Å². The highest BCUT2D eigenvalue weighted by atomic mass is 14.8. The molecule has 0 saturated carbocycles. The van der Waals surface area contributed by atoms with Crippen molar-refractivity contribution in [2.24, 2.45) is 0 Å². The number of hydrogen-bond acceptors (Lipinski definition) is 2.